The summed E-state index contributed by atoms with van der Waals surface area (Å²) in [7, 11) is 0. The van der Waals surface area contributed by atoms with Crippen LogP contribution in [0.25, 0.3) is 0 Å². The summed E-state index contributed by atoms with van der Waals surface area (Å²) in [6.07, 6.45) is 0. The summed E-state index contributed by atoms with van der Waals surface area (Å²) in [5.74, 6) is -1.15. The van der Waals surface area contributed by atoms with E-state index >= 15 is 0 Å². The lowest BCUT2D eigenvalue weighted by atomic mass is 10.2. The Balaban J connectivity index is 2.08. The molecule has 0 saturated heterocycles. The number of carboxylic acids is 1. The molecule has 110 valence electrons. The van der Waals surface area contributed by atoms with Gasteiger partial charge < -0.3 is 14.8 Å². The van der Waals surface area contributed by atoms with Crippen molar-refractivity contribution in [1.82, 2.24) is 10.2 Å². The van der Waals surface area contributed by atoms with Crippen molar-refractivity contribution < 1.29 is 19.1 Å². The highest BCUT2D eigenvalue weighted by Gasteiger charge is 2.12. The molecule has 0 unspecified atom stereocenters. The topological polar surface area (TPSA) is 117 Å². The minimum Gasteiger partial charge on any atom is -0.478 e. The molecule has 9 heteroatoms. The number of carbonyl (C=O) groups excluding carboxylic acids is 1. The van der Waals surface area contributed by atoms with E-state index < -0.39 is 5.97 Å². The number of aromatic carboxylic acids is 1. The molecular formula is C12H11BrN4O4. The zero-order chi connectivity index (χ0) is 15.4. The van der Waals surface area contributed by atoms with E-state index in [0.29, 0.717) is 10.2 Å². The SMILES string of the molecule is CC(=O)Nc1nnc(CNc2ccc(Br)cc2C(=O)O)o1. The van der Waals surface area contributed by atoms with Gasteiger partial charge in [0.25, 0.3) is 0 Å². The zero-order valence-corrected chi connectivity index (χ0v) is 12.5. The van der Waals surface area contributed by atoms with Crippen LogP contribution in [0.1, 0.15) is 23.2 Å². The van der Waals surface area contributed by atoms with E-state index in [-0.39, 0.29) is 29.9 Å². The number of carboxylic acid groups (broad SMARTS) is 1. The van der Waals surface area contributed by atoms with Crippen molar-refractivity contribution in [3.8, 4) is 0 Å². The maximum atomic E-state index is 11.2. The summed E-state index contributed by atoms with van der Waals surface area (Å²) >= 11 is 3.21. The first-order valence-corrected chi connectivity index (χ1v) is 6.61. The van der Waals surface area contributed by atoms with Crippen molar-refractivity contribution in [2.75, 3.05) is 10.6 Å². The van der Waals surface area contributed by atoms with Crippen LogP contribution in [0, 0.1) is 0 Å². The molecule has 8 nitrogen and oxygen atoms in total. The summed E-state index contributed by atoms with van der Waals surface area (Å²) in [5.41, 5.74) is 0.538. The van der Waals surface area contributed by atoms with Crippen LogP contribution in [0.15, 0.2) is 27.1 Å². The first-order valence-electron chi connectivity index (χ1n) is 5.82. The lowest BCUT2D eigenvalue weighted by Crippen LogP contribution is -2.06. The van der Waals surface area contributed by atoms with E-state index in [1.54, 1.807) is 12.1 Å². The van der Waals surface area contributed by atoms with E-state index in [2.05, 4.69) is 36.8 Å². The Bertz CT molecular complexity index is 686. The monoisotopic (exact) mass is 354 g/mol. The minimum atomic E-state index is -1.05. The van der Waals surface area contributed by atoms with Crippen LogP contribution >= 0.6 is 15.9 Å². The van der Waals surface area contributed by atoms with Crippen molar-refractivity contribution in [3.63, 3.8) is 0 Å². The Morgan fingerprint density at radius 1 is 1.38 bits per heavy atom. The summed E-state index contributed by atoms with van der Waals surface area (Å²) < 4.78 is 5.83. The van der Waals surface area contributed by atoms with Crippen molar-refractivity contribution in [3.05, 3.63) is 34.1 Å². The Hall–Kier alpha value is -2.42. The van der Waals surface area contributed by atoms with Gasteiger partial charge in [0.05, 0.1) is 12.1 Å². The number of nitrogens with one attached hydrogen (secondary N) is 2. The number of halogens is 1. The Kier molecular flexibility index (Phi) is 4.53. The van der Waals surface area contributed by atoms with Gasteiger partial charge in [-0.3, -0.25) is 10.1 Å². The van der Waals surface area contributed by atoms with Crippen LogP contribution in [-0.2, 0) is 11.3 Å². The van der Waals surface area contributed by atoms with Gasteiger partial charge in [0.2, 0.25) is 11.8 Å². The highest BCUT2D eigenvalue weighted by atomic mass is 79.9. The number of benzene rings is 1. The summed E-state index contributed by atoms with van der Waals surface area (Å²) in [6, 6.07) is 4.82. The van der Waals surface area contributed by atoms with E-state index in [4.69, 9.17) is 9.52 Å². The van der Waals surface area contributed by atoms with E-state index in [0.717, 1.165) is 0 Å². The maximum Gasteiger partial charge on any atom is 0.337 e. The number of hydrogen-bond acceptors (Lipinski definition) is 6. The van der Waals surface area contributed by atoms with Gasteiger partial charge in [-0.25, -0.2) is 4.79 Å². The second-order valence-corrected chi connectivity index (χ2v) is 4.95. The van der Waals surface area contributed by atoms with Crippen LogP contribution in [0.5, 0.6) is 0 Å². The van der Waals surface area contributed by atoms with Gasteiger partial charge in [0.15, 0.2) is 0 Å². The minimum absolute atomic E-state index is 0.00596. The van der Waals surface area contributed by atoms with E-state index in [9.17, 15) is 9.59 Å². The van der Waals surface area contributed by atoms with Crippen molar-refractivity contribution in [2.45, 2.75) is 13.5 Å². The predicted molar refractivity (Wildman–Crippen MR) is 77.0 cm³/mol. The predicted octanol–water partition coefficient (Wildman–Crippen LogP) is 2.10. The number of aromatic nitrogens is 2. The maximum absolute atomic E-state index is 11.2. The summed E-state index contributed by atoms with van der Waals surface area (Å²) in [5, 5.41) is 21.7. The van der Waals surface area contributed by atoms with Gasteiger partial charge in [-0.2, -0.15) is 0 Å². The second kappa shape index (κ2) is 6.35. The highest BCUT2D eigenvalue weighted by Crippen LogP contribution is 2.21. The Morgan fingerprint density at radius 2 is 2.14 bits per heavy atom. The molecule has 1 amide bonds. The van der Waals surface area contributed by atoms with E-state index in [1.165, 1.54) is 13.0 Å². The van der Waals surface area contributed by atoms with Gasteiger partial charge in [-0.05, 0) is 18.2 Å². The second-order valence-electron chi connectivity index (χ2n) is 4.03. The van der Waals surface area contributed by atoms with Crippen LogP contribution < -0.4 is 10.6 Å². The lowest BCUT2D eigenvalue weighted by molar-refractivity contribution is -0.114. The van der Waals surface area contributed by atoms with Crippen molar-refractivity contribution >= 4 is 39.5 Å². The first kappa shape index (κ1) is 15.0. The molecule has 0 saturated carbocycles. The first-order chi connectivity index (χ1) is 9.95. The van der Waals surface area contributed by atoms with Crippen LogP contribution in [0.3, 0.4) is 0 Å². The molecule has 2 aromatic rings. The molecule has 0 aliphatic rings. The normalized spacial score (nSPS) is 10.2. The van der Waals surface area contributed by atoms with Crippen LogP contribution in [-0.4, -0.2) is 27.2 Å². The van der Waals surface area contributed by atoms with E-state index in [1.807, 2.05) is 0 Å². The summed E-state index contributed by atoms with van der Waals surface area (Å²) in [4.78, 5) is 22.0. The molecule has 0 spiro atoms. The molecule has 0 fully saturated rings. The molecule has 21 heavy (non-hydrogen) atoms. The number of hydrogen-bond donors (Lipinski definition) is 3. The van der Waals surface area contributed by atoms with Crippen molar-refractivity contribution in [1.29, 1.82) is 0 Å². The third-order valence-corrected chi connectivity index (χ3v) is 2.89. The molecule has 0 aliphatic heterocycles. The molecule has 0 radical (unpaired) electrons. The molecule has 3 N–H and O–H groups in total. The third kappa shape index (κ3) is 4.02. The van der Waals surface area contributed by atoms with Crippen molar-refractivity contribution in [2.24, 2.45) is 0 Å². The molecular weight excluding hydrogens is 344 g/mol. The van der Waals surface area contributed by atoms with Crippen LogP contribution in [0.2, 0.25) is 0 Å². The quantitative estimate of drug-likeness (QED) is 0.752. The largest absolute Gasteiger partial charge is 0.478 e. The van der Waals surface area contributed by atoms with Gasteiger partial charge in [-0.1, -0.05) is 21.0 Å². The highest BCUT2D eigenvalue weighted by molar-refractivity contribution is 9.10. The molecule has 1 heterocycles. The number of amides is 1. The number of anilines is 2. The zero-order valence-electron chi connectivity index (χ0n) is 10.9. The fourth-order valence-electron chi connectivity index (χ4n) is 1.54. The third-order valence-electron chi connectivity index (χ3n) is 2.39. The smallest absolute Gasteiger partial charge is 0.337 e. The molecule has 0 atom stereocenters. The standard InChI is InChI=1S/C12H11BrN4O4/c1-6(18)15-12-17-16-10(21-12)5-14-9-3-2-7(13)4-8(9)11(19)20/h2-4,14H,5H2,1H3,(H,19,20)(H,15,17,18). The van der Waals surface area contributed by atoms with Gasteiger partial charge >= 0.3 is 12.0 Å². The molecule has 0 bridgehead atoms. The lowest BCUT2D eigenvalue weighted by Gasteiger charge is -2.07. The van der Waals surface area contributed by atoms with Gasteiger partial charge in [0, 0.05) is 17.1 Å². The van der Waals surface area contributed by atoms with Crippen LogP contribution in [0.4, 0.5) is 11.7 Å². The summed E-state index contributed by atoms with van der Waals surface area (Å²) in [6.45, 7) is 1.46. The number of rotatable bonds is 5. The van der Waals surface area contributed by atoms with Gasteiger partial charge in [-0.15, -0.1) is 5.10 Å². The molecule has 1 aromatic heterocycles. The Labute approximate surface area is 127 Å². The van der Waals surface area contributed by atoms with Gasteiger partial charge in [0.1, 0.15) is 0 Å². The molecule has 0 aliphatic carbocycles. The molecule has 2 rings (SSSR count). The fourth-order valence-corrected chi connectivity index (χ4v) is 1.91. The average molecular weight is 355 g/mol. The fraction of sp³-hybridized carbons (Fsp3) is 0.167. The Morgan fingerprint density at radius 3 is 2.81 bits per heavy atom. The average Bonchev–Trinajstić information content (AvgIpc) is 2.83. The molecule has 1 aromatic carbocycles. The number of carbonyl (C=O) groups is 2. The number of nitrogens with zero attached hydrogens (tertiary/aromatic N) is 2.